The van der Waals surface area contributed by atoms with Crippen molar-refractivity contribution in [3.8, 4) is 0 Å². The van der Waals surface area contributed by atoms with Crippen LogP contribution in [0.4, 0.5) is 0 Å². The third-order valence-corrected chi connectivity index (χ3v) is 4.91. The molecule has 0 aromatic rings. The Labute approximate surface area is 152 Å². The minimum absolute atomic E-state index is 0.0862. The minimum atomic E-state index is -1.58. The van der Waals surface area contributed by atoms with E-state index in [1.54, 1.807) is 0 Å². The first-order chi connectivity index (χ1) is 12.0. The maximum absolute atomic E-state index is 10.8. The maximum Gasteiger partial charge on any atom is 0.116 e. The molecule has 3 atom stereocenters. The molecule has 0 aliphatic rings. The van der Waals surface area contributed by atoms with Crippen LogP contribution < -0.4 is 0 Å². The number of unbranched alkanes of at least 4 members (excludes halogenated alkanes) is 7. The Morgan fingerprint density at radius 3 is 1.32 bits per heavy atom. The summed E-state index contributed by atoms with van der Waals surface area (Å²) in [5, 5.41) is 58.2. The van der Waals surface area contributed by atoms with Gasteiger partial charge in [-0.1, -0.05) is 44.9 Å². The number of aliphatic hydroxyl groups is 6. The molecule has 0 aliphatic carbocycles. The number of rotatable bonds is 18. The van der Waals surface area contributed by atoms with Crippen molar-refractivity contribution in [2.75, 3.05) is 19.8 Å². The predicted octanol–water partition coefficient (Wildman–Crippen LogP) is 1.49. The molecule has 152 valence electrons. The molecule has 0 bridgehead atoms. The summed E-state index contributed by atoms with van der Waals surface area (Å²) in [5.41, 5.74) is -1.58. The zero-order valence-electron chi connectivity index (χ0n) is 15.7. The Balaban J connectivity index is 4.30. The summed E-state index contributed by atoms with van der Waals surface area (Å²) in [6.45, 7) is 0.260. The third kappa shape index (κ3) is 11.2. The number of hydrogen-bond donors (Lipinski definition) is 6. The molecule has 0 aromatic carbocycles. The Morgan fingerprint density at radius 2 is 0.880 bits per heavy atom. The van der Waals surface area contributed by atoms with E-state index in [-0.39, 0.29) is 26.2 Å². The van der Waals surface area contributed by atoms with Crippen molar-refractivity contribution in [2.45, 2.75) is 101 Å². The van der Waals surface area contributed by atoms with Crippen molar-refractivity contribution in [3.05, 3.63) is 0 Å². The van der Waals surface area contributed by atoms with Gasteiger partial charge in [0.25, 0.3) is 0 Å². The van der Waals surface area contributed by atoms with Gasteiger partial charge in [0, 0.05) is 19.8 Å². The normalized spacial score (nSPS) is 16.6. The van der Waals surface area contributed by atoms with Crippen LogP contribution in [0.5, 0.6) is 0 Å². The third-order valence-electron chi connectivity index (χ3n) is 4.91. The van der Waals surface area contributed by atoms with E-state index in [1.807, 2.05) is 0 Å². The van der Waals surface area contributed by atoms with Crippen molar-refractivity contribution in [1.82, 2.24) is 0 Å². The van der Waals surface area contributed by atoms with Gasteiger partial charge >= 0.3 is 0 Å². The SMILES string of the molecule is OCCCCCCCCC(O)C(O)(CCCO)C(O)CCCCCO. The lowest BCUT2D eigenvalue weighted by Gasteiger charge is -2.37. The summed E-state index contributed by atoms with van der Waals surface area (Å²) < 4.78 is 0. The standard InChI is InChI=1S/C19H40O6/c20-14-8-4-2-1-3-6-11-17(23)19(25,13-10-16-22)18(24)12-7-5-9-15-21/h17-18,20-25H,1-16H2. The van der Waals surface area contributed by atoms with Crippen LogP contribution in [0.15, 0.2) is 0 Å². The first-order valence-corrected chi connectivity index (χ1v) is 9.94. The summed E-state index contributed by atoms with van der Waals surface area (Å²) in [5.74, 6) is 0. The Morgan fingerprint density at radius 1 is 0.520 bits per heavy atom. The zero-order chi connectivity index (χ0) is 19.0. The van der Waals surface area contributed by atoms with Crippen molar-refractivity contribution in [1.29, 1.82) is 0 Å². The quantitative estimate of drug-likeness (QED) is 0.205. The van der Waals surface area contributed by atoms with Gasteiger partial charge < -0.3 is 30.6 Å². The summed E-state index contributed by atoms with van der Waals surface area (Å²) in [4.78, 5) is 0. The predicted molar refractivity (Wildman–Crippen MR) is 98.2 cm³/mol. The fourth-order valence-electron chi connectivity index (χ4n) is 3.20. The Hall–Kier alpha value is -0.240. The Bertz CT molecular complexity index is 289. The van der Waals surface area contributed by atoms with Gasteiger partial charge in [-0.15, -0.1) is 0 Å². The molecule has 6 heteroatoms. The first-order valence-electron chi connectivity index (χ1n) is 9.94. The van der Waals surface area contributed by atoms with Crippen molar-refractivity contribution < 1.29 is 30.6 Å². The van der Waals surface area contributed by atoms with Gasteiger partial charge in [0.1, 0.15) is 5.60 Å². The van der Waals surface area contributed by atoms with Crippen LogP contribution in [-0.4, -0.2) is 68.3 Å². The van der Waals surface area contributed by atoms with Crippen LogP contribution in [0.2, 0.25) is 0 Å². The van der Waals surface area contributed by atoms with E-state index in [2.05, 4.69) is 0 Å². The molecule has 0 saturated carbocycles. The highest BCUT2D eigenvalue weighted by Gasteiger charge is 2.41. The highest BCUT2D eigenvalue weighted by molar-refractivity contribution is 4.93. The molecule has 0 rings (SSSR count). The van der Waals surface area contributed by atoms with E-state index < -0.39 is 17.8 Å². The van der Waals surface area contributed by atoms with Crippen LogP contribution >= 0.6 is 0 Å². The van der Waals surface area contributed by atoms with Gasteiger partial charge in [0.05, 0.1) is 12.2 Å². The van der Waals surface area contributed by atoms with Crippen LogP contribution in [0.25, 0.3) is 0 Å². The van der Waals surface area contributed by atoms with Crippen LogP contribution in [0.1, 0.15) is 83.5 Å². The molecule has 0 spiro atoms. The topological polar surface area (TPSA) is 121 Å². The van der Waals surface area contributed by atoms with Gasteiger partial charge in [-0.2, -0.15) is 0 Å². The van der Waals surface area contributed by atoms with E-state index in [0.717, 1.165) is 44.9 Å². The molecule has 0 heterocycles. The highest BCUT2D eigenvalue weighted by atomic mass is 16.4. The Kier molecular flexibility index (Phi) is 15.8. The second kappa shape index (κ2) is 16.0. The molecular weight excluding hydrogens is 324 g/mol. The second-order valence-corrected chi connectivity index (χ2v) is 7.06. The summed E-state index contributed by atoms with van der Waals surface area (Å²) in [6, 6.07) is 0. The van der Waals surface area contributed by atoms with Gasteiger partial charge in [0.2, 0.25) is 0 Å². The highest BCUT2D eigenvalue weighted by Crippen LogP contribution is 2.29. The second-order valence-electron chi connectivity index (χ2n) is 7.06. The maximum atomic E-state index is 10.8. The zero-order valence-corrected chi connectivity index (χ0v) is 15.7. The minimum Gasteiger partial charge on any atom is -0.396 e. The van der Waals surface area contributed by atoms with E-state index >= 15 is 0 Å². The van der Waals surface area contributed by atoms with Crippen LogP contribution in [-0.2, 0) is 0 Å². The lowest BCUT2D eigenvalue weighted by atomic mass is 9.81. The first kappa shape index (κ1) is 24.8. The van der Waals surface area contributed by atoms with Gasteiger partial charge in [0.15, 0.2) is 0 Å². The monoisotopic (exact) mass is 364 g/mol. The molecule has 6 N–H and O–H groups in total. The van der Waals surface area contributed by atoms with Crippen molar-refractivity contribution in [2.24, 2.45) is 0 Å². The molecule has 6 nitrogen and oxygen atoms in total. The molecule has 0 fully saturated rings. The largest absolute Gasteiger partial charge is 0.396 e. The number of aliphatic hydroxyl groups excluding tert-OH is 5. The number of hydrogen-bond acceptors (Lipinski definition) is 6. The molecular formula is C19H40O6. The molecule has 0 radical (unpaired) electrons. The van der Waals surface area contributed by atoms with Gasteiger partial charge in [-0.3, -0.25) is 0 Å². The van der Waals surface area contributed by atoms with Crippen molar-refractivity contribution in [3.63, 3.8) is 0 Å². The van der Waals surface area contributed by atoms with Crippen LogP contribution in [0.3, 0.4) is 0 Å². The molecule has 3 unspecified atom stereocenters. The molecule has 0 saturated heterocycles. The smallest absolute Gasteiger partial charge is 0.116 e. The summed E-state index contributed by atoms with van der Waals surface area (Å²) in [7, 11) is 0. The lowest BCUT2D eigenvalue weighted by Crippen LogP contribution is -2.52. The summed E-state index contributed by atoms with van der Waals surface area (Å²) >= 11 is 0. The fourth-order valence-corrected chi connectivity index (χ4v) is 3.20. The van der Waals surface area contributed by atoms with Crippen LogP contribution in [0, 0.1) is 0 Å². The van der Waals surface area contributed by atoms with Crippen molar-refractivity contribution >= 4 is 0 Å². The average Bonchev–Trinajstić information content (AvgIpc) is 2.62. The van der Waals surface area contributed by atoms with E-state index in [4.69, 9.17) is 15.3 Å². The van der Waals surface area contributed by atoms with E-state index in [0.29, 0.717) is 32.1 Å². The lowest BCUT2D eigenvalue weighted by molar-refractivity contribution is -0.156. The molecule has 0 amide bonds. The average molecular weight is 365 g/mol. The molecule has 0 aliphatic heterocycles. The summed E-state index contributed by atoms with van der Waals surface area (Å²) in [6.07, 6.45) is 7.03. The van der Waals surface area contributed by atoms with Gasteiger partial charge in [-0.25, -0.2) is 0 Å². The van der Waals surface area contributed by atoms with E-state index in [1.165, 1.54) is 0 Å². The molecule has 25 heavy (non-hydrogen) atoms. The van der Waals surface area contributed by atoms with E-state index in [9.17, 15) is 15.3 Å². The van der Waals surface area contributed by atoms with Gasteiger partial charge in [-0.05, 0) is 38.5 Å². The fraction of sp³-hybridized carbons (Fsp3) is 1.00. The molecule has 0 aromatic heterocycles.